The first-order chi connectivity index (χ1) is 12.1. The van der Waals surface area contributed by atoms with Crippen LogP contribution in [-0.4, -0.2) is 50.9 Å². The summed E-state index contributed by atoms with van der Waals surface area (Å²) in [5.74, 6) is 0. The smallest absolute Gasteiger partial charge is 0.0570 e. The van der Waals surface area contributed by atoms with Gasteiger partial charge in [-0.05, 0) is 45.4 Å². The van der Waals surface area contributed by atoms with Gasteiger partial charge in [0.25, 0.3) is 0 Å². The van der Waals surface area contributed by atoms with Gasteiger partial charge in [-0.15, -0.1) is 19.7 Å². The maximum Gasteiger partial charge on any atom is 0.0570 e. The molecule has 0 aromatic carbocycles. The SMILES string of the molecule is C=CCCOCCC(CCOCCC=C)(CCOCCC=C)C(C)O. The molecule has 0 spiro atoms. The number of aliphatic hydroxyl groups is 1. The van der Waals surface area contributed by atoms with Crippen molar-refractivity contribution in [2.75, 3.05) is 39.6 Å². The summed E-state index contributed by atoms with van der Waals surface area (Å²) in [5, 5.41) is 10.5. The Morgan fingerprint density at radius 3 is 1.28 bits per heavy atom. The van der Waals surface area contributed by atoms with Crippen molar-refractivity contribution in [2.24, 2.45) is 5.41 Å². The molecule has 0 rings (SSSR count). The van der Waals surface area contributed by atoms with Gasteiger partial charge >= 0.3 is 0 Å². The Hall–Kier alpha value is -0.940. The largest absolute Gasteiger partial charge is 0.393 e. The van der Waals surface area contributed by atoms with Gasteiger partial charge in [0.2, 0.25) is 0 Å². The van der Waals surface area contributed by atoms with Gasteiger partial charge in [-0.2, -0.15) is 0 Å². The maximum absolute atomic E-state index is 10.5. The first-order valence-electron chi connectivity index (χ1n) is 9.37. The summed E-state index contributed by atoms with van der Waals surface area (Å²) in [4.78, 5) is 0. The van der Waals surface area contributed by atoms with E-state index in [0.717, 1.165) is 38.5 Å². The quantitative estimate of drug-likeness (QED) is 0.277. The lowest BCUT2D eigenvalue weighted by molar-refractivity contribution is -0.0399. The van der Waals surface area contributed by atoms with E-state index >= 15 is 0 Å². The Balaban J connectivity index is 4.53. The Labute approximate surface area is 154 Å². The Kier molecular flexibility index (Phi) is 15.9. The molecule has 0 aromatic rings. The van der Waals surface area contributed by atoms with Gasteiger partial charge in [-0.1, -0.05) is 18.2 Å². The molecule has 0 saturated carbocycles. The highest BCUT2D eigenvalue weighted by atomic mass is 16.5. The zero-order valence-electron chi connectivity index (χ0n) is 16.1. The number of hydrogen-bond acceptors (Lipinski definition) is 4. The molecule has 0 aliphatic rings. The van der Waals surface area contributed by atoms with Crippen molar-refractivity contribution < 1.29 is 19.3 Å². The Morgan fingerprint density at radius 1 is 0.720 bits per heavy atom. The second-order valence-corrected chi connectivity index (χ2v) is 6.36. The van der Waals surface area contributed by atoms with Crippen LogP contribution in [0.4, 0.5) is 0 Å². The van der Waals surface area contributed by atoms with E-state index in [1.807, 2.05) is 25.2 Å². The zero-order chi connectivity index (χ0) is 18.8. The molecule has 25 heavy (non-hydrogen) atoms. The molecule has 1 unspecified atom stereocenters. The molecule has 0 fully saturated rings. The van der Waals surface area contributed by atoms with Crippen LogP contribution in [0.5, 0.6) is 0 Å². The minimum Gasteiger partial charge on any atom is -0.393 e. The fourth-order valence-corrected chi connectivity index (χ4v) is 2.63. The number of hydrogen-bond donors (Lipinski definition) is 1. The van der Waals surface area contributed by atoms with Crippen LogP contribution in [0.3, 0.4) is 0 Å². The molecular formula is C21H38O4. The summed E-state index contributed by atoms with van der Waals surface area (Å²) in [6.07, 6.45) is 10.0. The normalized spacial score (nSPS) is 12.7. The Bertz CT molecular complexity index is 293. The van der Waals surface area contributed by atoms with E-state index < -0.39 is 6.10 Å². The summed E-state index contributed by atoms with van der Waals surface area (Å²) < 4.78 is 17.0. The lowest BCUT2D eigenvalue weighted by Crippen LogP contribution is -2.37. The lowest BCUT2D eigenvalue weighted by atomic mass is 9.74. The minimum atomic E-state index is -0.443. The highest BCUT2D eigenvalue weighted by molar-refractivity contribution is 4.85. The van der Waals surface area contributed by atoms with Crippen molar-refractivity contribution in [3.05, 3.63) is 38.0 Å². The highest BCUT2D eigenvalue weighted by Gasteiger charge is 2.34. The molecule has 0 aromatic heterocycles. The fraction of sp³-hybridized carbons (Fsp3) is 0.714. The topological polar surface area (TPSA) is 47.9 Å². The first kappa shape index (κ1) is 24.1. The van der Waals surface area contributed by atoms with Gasteiger partial charge in [0.15, 0.2) is 0 Å². The molecule has 0 amide bonds. The molecule has 146 valence electrons. The molecule has 0 radical (unpaired) electrons. The van der Waals surface area contributed by atoms with E-state index in [4.69, 9.17) is 14.2 Å². The third kappa shape index (κ3) is 12.1. The minimum absolute atomic E-state index is 0.253. The predicted molar refractivity (Wildman–Crippen MR) is 105 cm³/mol. The van der Waals surface area contributed by atoms with Crippen molar-refractivity contribution in [3.8, 4) is 0 Å². The average molecular weight is 355 g/mol. The van der Waals surface area contributed by atoms with Crippen LogP contribution in [0.25, 0.3) is 0 Å². The molecular weight excluding hydrogens is 316 g/mol. The summed E-state index contributed by atoms with van der Waals surface area (Å²) in [7, 11) is 0. The molecule has 0 bridgehead atoms. The van der Waals surface area contributed by atoms with E-state index in [2.05, 4.69) is 19.7 Å². The van der Waals surface area contributed by atoms with Gasteiger partial charge in [-0.25, -0.2) is 0 Å². The van der Waals surface area contributed by atoms with Crippen LogP contribution in [0.15, 0.2) is 38.0 Å². The van der Waals surface area contributed by atoms with E-state index in [1.165, 1.54) is 0 Å². The van der Waals surface area contributed by atoms with Crippen molar-refractivity contribution in [3.63, 3.8) is 0 Å². The molecule has 1 N–H and O–H groups in total. The van der Waals surface area contributed by atoms with E-state index in [9.17, 15) is 5.11 Å². The number of ether oxygens (including phenoxy) is 3. The fourth-order valence-electron chi connectivity index (χ4n) is 2.63. The van der Waals surface area contributed by atoms with Crippen molar-refractivity contribution in [1.29, 1.82) is 0 Å². The average Bonchev–Trinajstić information content (AvgIpc) is 2.60. The molecule has 1 atom stereocenters. The summed E-state index contributed by atoms with van der Waals surface area (Å²) in [5.41, 5.74) is -0.253. The summed E-state index contributed by atoms with van der Waals surface area (Å²) in [6, 6.07) is 0. The van der Waals surface area contributed by atoms with E-state index in [1.54, 1.807) is 0 Å². The lowest BCUT2D eigenvalue weighted by Gasteiger charge is -2.37. The van der Waals surface area contributed by atoms with Crippen molar-refractivity contribution in [2.45, 2.75) is 51.6 Å². The third-order valence-corrected chi connectivity index (χ3v) is 4.52. The highest BCUT2D eigenvalue weighted by Crippen LogP contribution is 2.35. The summed E-state index contributed by atoms with van der Waals surface area (Å²) >= 11 is 0. The zero-order valence-corrected chi connectivity index (χ0v) is 16.1. The van der Waals surface area contributed by atoms with Gasteiger partial charge in [-0.3, -0.25) is 0 Å². The predicted octanol–water partition coefficient (Wildman–Crippen LogP) is 4.30. The summed E-state index contributed by atoms with van der Waals surface area (Å²) in [6.45, 7) is 16.8. The molecule has 0 saturated heterocycles. The van der Waals surface area contributed by atoms with Gasteiger partial charge < -0.3 is 19.3 Å². The van der Waals surface area contributed by atoms with Gasteiger partial charge in [0.1, 0.15) is 0 Å². The molecule has 4 nitrogen and oxygen atoms in total. The van der Waals surface area contributed by atoms with Crippen molar-refractivity contribution in [1.82, 2.24) is 0 Å². The monoisotopic (exact) mass is 354 g/mol. The molecule has 4 heteroatoms. The second-order valence-electron chi connectivity index (χ2n) is 6.36. The molecule has 0 aliphatic carbocycles. The van der Waals surface area contributed by atoms with E-state index in [-0.39, 0.29) is 5.41 Å². The van der Waals surface area contributed by atoms with Crippen LogP contribution in [0, 0.1) is 5.41 Å². The number of rotatable bonds is 19. The van der Waals surface area contributed by atoms with Crippen molar-refractivity contribution >= 4 is 0 Å². The van der Waals surface area contributed by atoms with Crippen LogP contribution < -0.4 is 0 Å². The van der Waals surface area contributed by atoms with Crippen LogP contribution >= 0.6 is 0 Å². The molecule has 0 aliphatic heterocycles. The van der Waals surface area contributed by atoms with Crippen LogP contribution in [0.1, 0.15) is 45.4 Å². The van der Waals surface area contributed by atoms with Gasteiger partial charge in [0, 0.05) is 45.1 Å². The standard InChI is InChI=1S/C21H38O4/c1-5-8-14-23-17-11-21(20(4)22,12-18-24-15-9-6-2)13-19-25-16-10-7-3/h5-7,20,22H,1-3,8-19H2,4H3. The third-order valence-electron chi connectivity index (χ3n) is 4.52. The molecule has 0 heterocycles. The number of aliphatic hydroxyl groups excluding tert-OH is 1. The van der Waals surface area contributed by atoms with Crippen LogP contribution in [-0.2, 0) is 14.2 Å². The van der Waals surface area contributed by atoms with Crippen LogP contribution in [0.2, 0.25) is 0 Å². The van der Waals surface area contributed by atoms with Gasteiger partial charge in [0.05, 0.1) is 6.10 Å². The van der Waals surface area contributed by atoms with E-state index in [0.29, 0.717) is 39.6 Å². The first-order valence-corrected chi connectivity index (χ1v) is 9.37. The Morgan fingerprint density at radius 2 is 1.04 bits per heavy atom. The second kappa shape index (κ2) is 16.5. The maximum atomic E-state index is 10.5.